The van der Waals surface area contributed by atoms with Crippen LogP contribution in [0.2, 0.25) is 0 Å². The zero-order valence-corrected chi connectivity index (χ0v) is 15.5. The quantitative estimate of drug-likeness (QED) is 0.841. The molecule has 0 saturated heterocycles. The number of rotatable bonds is 5. The van der Waals surface area contributed by atoms with E-state index in [9.17, 15) is 17.6 Å². The third kappa shape index (κ3) is 4.55. The minimum Gasteiger partial charge on any atom is -0.490 e. The van der Waals surface area contributed by atoms with Crippen LogP contribution in [0.25, 0.3) is 0 Å². The molecule has 2 aromatic rings. The van der Waals surface area contributed by atoms with Gasteiger partial charge in [-0.25, -0.2) is 12.8 Å². The number of likely N-dealkylation sites (N-methyl/N-ethyl adjacent to an activating group) is 1. The number of carbonyl (C=O) groups excluding carboxylic acids is 1. The number of amides is 1. The Labute approximate surface area is 156 Å². The summed E-state index contributed by atoms with van der Waals surface area (Å²) in [7, 11) is -2.62. The highest BCUT2D eigenvalue weighted by atomic mass is 32.2. The maximum Gasteiger partial charge on any atom is 0.243 e. The van der Waals surface area contributed by atoms with E-state index in [0.29, 0.717) is 31.1 Å². The van der Waals surface area contributed by atoms with Crippen LogP contribution in [0.15, 0.2) is 47.4 Å². The van der Waals surface area contributed by atoms with E-state index in [1.165, 1.54) is 43.4 Å². The smallest absolute Gasteiger partial charge is 0.243 e. The molecule has 0 radical (unpaired) electrons. The summed E-state index contributed by atoms with van der Waals surface area (Å²) in [5, 5.41) is 2.47. The van der Waals surface area contributed by atoms with Gasteiger partial charge in [-0.1, -0.05) is 6.07 Å². The van der Waals surface area contributed by atoms with Gasteiger partial charge in [-0.2, -0.15) is 4.31 Å². The lowest BCUT2D eigenvalue weighted by molar-refractivity contribution is -0.116. The minimum atomic E-state index is -3.92. The number of halogens is 1. The van der Waals surface area contributed by atoms with Crippen molar-refractivity contribution in [2.75, 3.05) is 32.1 Å². The molecule has 0 unspecified atom stereocenters. The van der Waals surface area contributed by atoms with Gasteiger partial charge in [0, 0.05) is 25.2 Å². The number of hydrogen-bond acceptors (Lipinski definition) is 5. The first kappa shape index (κ1) is 19.1. The van der Waals surface area contributed by atoms with Crippen LogP contribution in [0.3, 0.4) is 0 Å². The van der Waals surface area contributed by atoms with Gasteiger partial charge in [-0.15, -0.1) is 0 Å². The number of nitrogens with zero attached hydrogens (tertiary/aromatic N) is 1. The van der Waals surface area contributed by atoms with Gasteiger partial charge in [0.25, 0.3) is 0 Å². The zero-order valence-electron chi connectivity index (χ0n) is 14.6. The van der Waals surface area contributed by atoms with Crippen molar-refractivity contribution >= 4 is 21.6 Å². The average molecular weight is 394 g/mol. The van der Waals surface area contributed by atoms with E-state index < -0.39 is 28.3 Å². The fourth-order valence-electron chi connectivity index (χ4n) is 2.54. The summed E-state index contributed by atoms with van der Waals surface area (Å²) >= 11 is 0. The summed E-state index contributed by atoms with van der Waals surface area (Å²) in [6.45, 7) is 0.509. The lowest BCUT2D eigenvalue weighted by Gasteiger charge is -2.18. The van der Waals surface area contributed by atoms with Gasteiger partial charge >= 0.3 is 0 Å². The Morgan fingerprint density at radius 1 is 1.15 bits per heavy atom. The summed E-state index contributed by atoms with van der Waals surface area (Å²) in [5.74, 6) is -0.244. The Morgan fingerprint density at radius 3 is 2.63 bits per heavy atom. The number of fused-ring (bicyclic) bond motifs is 1. The van der Waals surface area contributed by atoms with Crippen molar-refractivity contribution in [2.24, 2.45) is 0 Å². The normalized spacial score (nSPS) is 13.9. The molecule has 0 saturated carbocycles. The van der Waals surface area contributed by atoms with E-state index >= 15 is 0 Å². The van der Waals surface area contributed by atoms with Crippen LogP contribution in [0.4, 0.5) is 10.1 Å². The van der Waals surface area contributed by atoms with Gasteiger partial charge in [0.2, 0.25) is 15.9 Å². The first-order valence-corrected chi connectivity index (χ1v) is 9.72. The van der Waals surface area contributed by atoms with Crippen LogP contribution in [-0.4, -0.2) is 45.4 Å². The van der Waals surface area contributed by atoms with E-state index in [4.69, 9.17) is 9.47 Å². The van der Waals surface area contributed by atoms with Crippen molar-refractivity contribution in [1.82, 2.24) is 4.31 Å². The fourth-order valence-corrected chi connectivity index (χ4v) is 3.68. The Bertz CT molecular complexity index is 949. The van der Waals surface area contributed by atoms with Crippen LogP contribution >= 0.6 is 0 Å². The number of benzene rings is 2. The molecular weight excluding hydrogens is 375 g/mol. The Hall–Kier alpha value is -2.65. The van der Waals surface area contributed by atoms with Gasteiger partial charge in [0.05, 0.1) is 24.7 Å². The molecule has 1 aliphatic rings. The number of sulfonamides is 1. The Morgan fingerprint density at radius 2 is 1.89 bits per heavy atom. The lowest BCUT2D eigenvalue weighted by Crippen LogP contribution is -2.35. The van der Waals surface area contributed by atoms with Crippen molar-refractivity contribution in [1.29, 1.82) is 0 Å². The molecule has 0 aliphatic carbocycles. The molecule has 1 N–H and O–H groups in total. The molecule has 0 fully saturated rings. The van der Waals surface area contributed by atoms with Crippen LogP contribution in [0.1, 0.15) is 6.42 Å². The number of carbonyl (C=O) groups is 1. The van der Waals surface area contributed by atoms with E-state index in [0.717, 1.165) is 10.4 Å². The van der Waals surface area contributed by atoms with E-state index in [1.54, 1.807) is 0 Å². The summed E-state index contributed by atoms with van der Waals surface area (Å²) in [5.41, 5.74) is 0.251. The van der Waals surface area contributed by atoms with Gasteiger partial charge in [0.1, 0.15) is 5.82 Å². The zero-order chi connectivity index (χ0) is 19.4. The van der Waals surface area contributed by atoms with Gasteiger partial charge in [-0.05, 0) is 30.3 Å². The number of hydrogen-bond donors (Lipinski definition) is 1. The van der Waals surface area contributed by atoms with Crippen molar-refractivity contribution in [3.8, 4) is 11.5 Å². The third-order valence-electron chi connectivity index (χ3n) is 3.90. The molecule has 144 valence electrons. The number of ether oxygens (including phenoxy) is 2. The van der Waals surface area contributed by atoms with Crippen LogP contribution in [0.5, 0.6) is 11.5 Å². The molecule has 1 amide bonds. The first-order valence-electron chi connectivity index (χ1n) is 8.28. The SMILES string of the molecule is CN(CC(=O)Nc1cccc(F)c1)S(=O)(=O)c1ccc2c(c1)OCCCO2. The van der Waals surface area contributed by atoms with Crippen LogP contribution in [-0.2, 0) is 14.8 Å². The number of nitrogens with one attached hydrogen (secondary N) is 1. The maximum absolute atomic E-state index is 13.2. The van der Waals surface area contributed by atoms with Crippen molar-refractivity contribution < 1.29 is 27.1 Å². The predicted octanol–water partition coefficient (Wildman–Crippen LogP) is 2.25. The summed E-state index contributed by atoms with van der Waals surface area (Å²) in [6.07, 6.45) is 0.705. The van der Waals surface area contributed by atoms with Crippen LogP contribution in [0, 0.1) is 5.82 Å². The number of anilines is 1. The Balaban J connectivity index is 1.72. The lowest BCUT2D eigenvalue weighted by atomic mass is 10.3. The maximum atomic E-state index is 13.2. The molecule has 1 aliphatic heterocycles. The highest BCUT2D eigenvalue weighted by Crippen LogP contribution is 2.32. The minimum absolute atomic E-state index is 0.00666. The topological polar surface area (TPSA) is 84.9 Å². The molecular formula is C18H19FN2O5S. The van der Waals surface area contributed by atoms with E-state index in [-0.39, 0.29) is 10.6 Å². The molecule has 9 heteroatoms. The van der Waals surface area contributed by atoms with Crippen molar-refractivity contribution in [3.05, 3.63) is 48.3 Å². The van der Waals surface area contributed by atoms with Gasteiger partial charge < -0.3 is 14.8 Å². The molecule has 0 bridgehead atoms. The second-order valence-corrected chi connectivity index (χ2v) is 8.02. The average Bonchev–Trinajstić information content (AvgIpc) is 2.86. The standard InChI is InChI=1S/C18H19FN2O5S/c1-21(12-18(22)20-14-5-2-4-13(19)10-14)27(23,24)15-6-7-16-17(11-15)26-9-3-8-25-16/h2,4-7,10-11H,3,8-9,12H2,1H3,(H,20,22). The second-order valence-electron chi connectivity index (χ2n) is 5.98. The van der Waals surface area contributed by atoms with Crippen LogP contribution < -0.4 is 14.8 Å². The summed E-state index contributed by atoms with van der Waals surface area (Å²) < 4.78 is 50.6. The fraction of sp³-hybridized carbons (Fsp3) is 0.278. The molecule has 0 aromatic heterocycles. The summed E-state index contributed by atoms with van der Waals surface area (Å²) in [4.78, 5) is 12.1. The molecule has 1 heterocycles. The van der Waals surface area contributed by atoms with E-state index in [1.807, 2.05) is 0 Å². The monoisotopic (exact) mass is 394 g/mol. The molecule has 2 aromatic carbocycles. The van der Waals surface area contributed by atoms with Gasteiger partial charge in [-0.3, -0.25) is 4.79 Å². The second kappa shape index (κ2) is 7.93. The highest BCUT2D eigenvalue weighted by molar-refractivity contribution is 7.89. The third-order valence-corrected chi connectivity index (χ3v) is 5.70. The van der Waals surface area contributed by atoms with Crippen molar-refractivity contribution in [3.63, 3.8) is 0 Å². The largest absolute Gasteiger partial charge is 0.490 e. The first-order chi connectivity index (χ1) is 12.9. The molecule has 3 rings (SSSR count). The summed E-state index contributed by atoms with van der Waals surface area (Å²) in [6, 6.07) is 9.68. The molecule has 0 spiro atoms. The molecule has 0 atom stereocenters. The highest BCUT2D eigenvalue weighted by Gasteiger charge is 2.25. The predicted molar refractivity (Wildman–Crippen MR) is 96.9 cm³/mol. The van der Waals surface area contributed by atoms with Gasteiger partial charge in [0.15, 0.2) is 11.5 Å². The molecule has 7 nitrogen and oxygen atoms in total. The van der Waals surface area contributed by atoms with E-state index in [2.05, 4.69) is 5.32 Å². The molecule has 27 heavy (non-hydrogen) atoms. The Kier molecular flexibility index (Phi) is 5.62. The van der Waals surface area contributed by atoms with Crippen molar-refractivity contribution in [2.45, 2.75) is 11.3 Å².